The van der Waals surface area contributed by atoms with Crippen LogP contribution in [-0.2, 0) is 0 Å². The van der Waals surface area contributed by atoms with E-state index in [1.54, 1.807) is 0 Å². The van der Waals surface area contributed by atoms with Gasteiger partial charge in [0.25, 0.3) is 0 Å². The zero-order valence-corrected chi connectivity index (χ0v) is 19.0. The van der Waals surface area contributed by atoms with Gasteiger partial charge in [0.15, 0.2) is 0 Å². The van der Waals surface area contributed by atoms with Crippen LogP contribution in [0.5, 0.6) is 0 Å². The number of hydrogen-bond acceptors (Lipinski definition) is 0. The monoisotopic (exact) mass is 468 g/mol. The van der Waals surface area contributed by atoms with E-state index in [4.69, 9.17) is 0 Å². The molecular formula is C24H25ISi. The average molecular weight is 468 g/mol. The molecule has 26 heavy (non-hydrogen) atoms. The molecule has 0 aliphatic rings. The van der Waals surface area contributed by atoms with Gasteiger partial charge in [-0.2, -0.15) is 0 Å². The van der Waals surface area contributed by atoms with E-state index < -0.39 is 8.07 Å². The summed E-state index contributed by atoms with van der Waals surface area (Å²) in [6, 6.07) is 28.5. The van der Waals surface area contributed by atoms with Gasteiger partial charge in [-0.25, -0.2) is 0 Å². The minimum atomic E-state index is -1.63. The lowest BCUT2D eigenvalue weighted by Crippen LogP contribution is -2.25. The summed E-state index contributed by atoms with van der Waals surface area (Å²) < 4.78 is 1.30. The van der Waals surface area contributed by atoms with Crippen LogP contribution >= 0.6 is 22.6 Å². The number of aryl methyl sites for hydroxylation is 1. The molecule has 0 aliphatic carbocycles. The summed E-state index contributed by atoms with van der Waals surface area (Å²) in [5.41, 5.74) is 6.76. The summed E-state index contributed by atoms with van der Waals surface area (Å²) in [6.07, 6.45) is 0. The molecular weight excluding hydrogens is 443 g/mol. The maximum Gasteiger partial charge on any atom is 0.0792 e. The van der Waals surface area contributed by atoms with Gasteiger partial charge >= 0.3 is 0 Å². The Morgan fingerprint density at radius 3 is 1.81 bits per heavy atom. The summed E-state index contributed by atoms with van der Waals surface area (Å²) in [6.45, 7) is 9.56. The van der Waals surface area contributed by atoms with Crippen LogP contribution in [0.2, 0.25) is 19.6 Å². The van der Waals surface area contributed by atoms with Crippen molar-refractivity contribution in [3.05, 3.63) is 105 Å². The number of hydrogen-bond donors (Lipinski definition) is 0. The lowest BCUT2D eigenvalue weighted by molar-refractivity contribution is 1.40. The predicted molar refractivity (Wildman–Crippen MR) is 126 cm³/mol. The Morgan fingerprint density at radius 1 is 0.692 bits per heavy atom. The van der Waals surface area contributed by atoms with Gasteiger partial charge in [-0.05, 0) is 68.6 Å². The molecule has 132 valence electrons. The van der Waals surface area contributed by atoms with Crippen molar-refractivity contribution in [1.29, 1.82) is 0 Å². The van der Waals surface area contributed by atoms with Crippen LogP contribution in [0, 0.1) is 10.5 Å². The Morgan fingerprint density at radius 2 is 1.23 bits per heavy atom. The largest absolute Gasteiger partial charge is 0.0792 e. The van der Waals surface area contributed by atoms with Gasteiger partial charge in [0.2, 0.25) is 0 Å². The molecule has 3 aromatic carbocycles. The third-order valence-corrected chi connectivity index (χ3v) is 7.60. The summed E-state index contributed by atoms with van der Waals surface area (Å²) in [5.74, 6) is 0. The second-order valence-corrected chi connectivity index (χ2v) is 13.8. The number of benzene rings is 3. The summed E-state index contributed by atoms with van der Waals surface area (Å²) in [4.78, 5) is 0. The van der Waals surface area contributed by atoms with Gasteiger partial charge < -0.3 is 0 Å². The molecule has 0 amide bonds. The highest BCUT2D eigenvalue weighted by Crippen LogP contribution is 2.40. The standard InChI is InChI=1S/C24H25ISi/c1-18-12-8-9-15-20(18)23(21-16-10-11-17-22(21)25)24(26(2,3)4)19-13-6-5-7-14-19/h5-17H,1-4H3/b24-23-. The van der Waals surface area contributed by atoms with Crippen LogP contribution in [-0.4, -0.2) is 8.07 Å². The molecule has 0 unspecified atom stereocenters. The Hall–Kier alpha value is -1.65. The lowest BCUT2D eigenvalue weighted by atomic mass is 9.92. The second-order valence-electron chi connectivity index (χ2n) is 7.66. The number of halogens is 1. The molecule has 0 saturated heterocycles. The van der Waals surface area contributed by atoms with Crippen LogP contribution in [0.4, 0.5) is 0 Å². The van der Waals surface area contributed by atoms with Crippen molar-refractivity contribution < 1.29 is 0 Å². The Kier molecular flexibility index (Phi) is 5.83. The van der Waals surface area contributed by atoms with Crippen LogP contribution in [0.25, 0.3) is 10.8 Å². The highest BCUT2D eigenvalue weighted by atomic mass is 127. The fraction of sp³-hybridized carbons (Fsp3) is 0.167. The van der Waals surface area contributed by atoms with Crippen molar-refractivity contribution in [2.75, 3.05) is 0 Å². The van der Waals surface area contributed by atoms with E-state index in [-0.39, 0.29) is 0 Å². The molecule has 0 bridgehead atoms. The van der Waals surface area contributed by atoms with Crippen LogP contribution < -0.4 is 0 Å². The Balaban J connectivity index is 2.47. The molecule has 0 aromatic heterocycles. The molecule has 0 N–H and O–H groups in total. The van der Waals surface area contributed by atoms with Gasteiger partial charge in [-0.3, -0.25) is 0 Å². The summed E-state index contributed by atoms with van der Waals surface area (Å²) in [7, 11) is -1.63. The lowest BCUT2D eigenvalue weighted by Gasteiger charge is -2.28. The van der Waals surface area contributed by atoms with Crippen molar-refractivity contribution in [2.24, 2.45) is 0 Å². The fourth-order valence-electron chi connectivity index (χ4n) is 3.49. The quantitative estimate of drug-likeness (QED) is 0.212. The fourth-order valence-corrected chi connectivity index (χ4v) is 6.20. The molecule has 2 heteroatoms. The van der Waals surface area contributed by atoms with E-state index in [2.05, 4.69) is 128 Å². The van der Waals surface area contributed by atoms with E-state index in [0.29, 0.717) is 0 Å². The highest BCUT2D eigenvalue weighted by molar-refractivity contribution is 14.1. The smallest absolute Gasteiger partial charge is 0.0656 e. The van der Waals surface area contributed by atoms with E-state index in [0.717, 1.165) is 0 Å². The van der Waals surface area contributed by atoms with E-state index >= 15 is 0 Å². The second kappa shape index (κ2) is 7.93. The zero-order valence-electron chi connectivity index (χ0n) is 15.9. The van der Waals surface area contributed by atoms with Crippen molar-refractivity contribution in [3.8, 4) is 0 Å². The molecule has 0 nitrogen and oxygen atoms in total. The van der Waals surface area contributed by atoms with E-state index in [1.165, 1.54) is 36.6 Å². The van der Waals surface area contributed by atoms with Crippen LogP contribution in [0.3, 0.4) is 0 Å². The van der Waals surface area contributed by atoms with Crippen molar-refractivity contribution in [2.45, 2.75) is 26.6 Å². The first-order chi connectivity index (χ1) is 12.4. The van der Waals surface area contributed by atoms with Crippen molar-refractivity contribution in [1.82, 2.24) is 0 Å². The molecule has 0 saturated carbocycles. The van der Waals surface area contributed by atoms with Gasteiger partial charge in [0, 0.05) is 3.57 Å². The van der Waals surface area contributed by atoms with Crippen molar-refractivity contribution in [3.63, 3.8) is 0 Å². The highest BCUT2D eigenvalue weighted by Gasteiger charge is 2.27. The maximum atomic E-state index is 2.48. The topological polar surface area (TPSA) is 0 Å². The normalized spacial score (nSPS) is 12.7. The third-order valence-electron chi connectivity index (χ3n) is 4.62. The minimum absolute atomic E-state index is 1.30. The third kappa shape index (κ3) is 4.02. The molecule has 0 fully saturated rings. The SMILES string of the molecule is Cc1ccccc1/C(=C(\c1ccccc1)[Si](C)(C)C)c1ccccc1I. The first-order valence-corrected chi connectivity index (χ1v) is 13.6. The van der Waals surface area contributed by atoms with Crippen LogP contribution in [0.15, 0.2) is 78.9 Å². The first-order valence-electron chi connectivity index (χ1n) is 9.00. The molecule has 0 radical (unpaired) electrons. The van der Waals surface area contributed by atoms with Gasteiger partial charge in [-0.15, -0.1) is 0 Å². The molecule has 3 aromatic rings. The average Bonchev–Trinajstić information content (AvgIpc) is 2.61. The molecule has 0 aliphatic heterocycles. The van der Waals surface area contributed by atoms with Crippen molar-refractivity contribution >= 4 is 41.4 Å². The van der Waals surface area contributed by atoms with Gasteiger partial charge in [-0.1, -0.05) is 92.4 Å². The molecule has 0 atom stereocenters. The minimum Gasteiger partial charge on any atom is -0.0656 e. The van der Waals surface area contributed by atoms with E-state index in [1.807, 2.05) is 0 Å². The molecule has 0 heterocycles. The van der Waals surface area contributed by atoms with E-state index in [9.17, 15) is 0 Å². The Labute approximate surface area is 172 Å². The van der Waals surface area contributed by atoms with Gasteiger partial charge in [0.05, 0.1) is 8.07 Å². The summed E-state index contributed by atoms with van der Waals surface area (Å²) >= 11 is 2.48. The van der Waals surface area contributed by atoms with Crippen LogP contribution in [0.1, 0.15) is 22.3 Å². The number of rotatable bonds is 4. The maximum absolute atomic E-state index is 2.48. The molecule has 0 spiro atoms. The molecule has 3 rings (SSSR count). The Bertz CT molecular complexity index is 886. The first kappa shape index (κ1) is 19.1. The zero-order chi connectivity index (χ0) is 18.7. The summed E-state index contributed by atoms with van der Waals surface area (Å²) in [5, 5.41) is 1.52. The van der Waals surface area contributed by atoms with Gasteiger partial charge in [0.1, 0.15) is 0 Å². The predicted octanol–water partition coefficient (Wildman–Crippen LogP) is 7.44.